The Morgan fingerprint density at radius 3 is 2.29 bits per heavy atom. The number of ketones is 1. The van der Waals surface area contributed by atoms with E-state index >= 15 is 0 Å². The monoisotopic (exact) mass is 193 g/mol. The molecule has 2 rings (SSSR count). The summed E-state index contributed by atoms with van der Waals surface area (Å²) in [6.07, 6.45) is 9.04. The molecule has 2 nitrogen and oxygen atoms in total. The van der Waals surface area contributed by atoms with Crippen LogP contribution in [-0.2, 0) is 4.79 Å². The van der Waals surface area contributed by atoms with E-state index in [0.29, 0.717) is 5.78 Å². The van der Waals surface area contributed by atoms with Crippen LogP contribution in [0.3, 0.4) is 0 Å². The standard InChI is InChI=1S/C12H19NO/c1-11(14)12(6-7-12)10-13-8-4-2-3-5-9-13/h2-3H,4-10H2,1H3. The minimum Gasteiger partial charge on any atom is -0.302 e. The van der Waals surface area contributed by atoms with Crippen LogP contribution in [0.4, 0.5) is 0 Å². The van der Waals surface area contributed by atoms with E-state index in [1.165, 1.54) is 0 Å². The minimum atomic E-state index is 0.0599. The second kappa shape index (κ2) is 3.85. The third kappa shape index (κ3) is 2.06. The second-order valence-electron chi connectivity index (χ2n) is 4.66. The van der Waals surface area contributed by atoms with Crippen molar-refractivity contribution in [3.8, 4) is 0 Å². The fraction of sp³-hybridized carbons (Fsp3) is 0.750. The summed E-state index contributed by atoms with van der Waals surface area (Å²) in [4.78, 5) is 13.9. The van der Waals surface area contributed by atoms with Gasteiger partial charge in [-0.05, 0) is 32.6 Å². The van der Waals surface area contributed by atoms with Crippen LogP contribution in [0.25, 0.3) is 0 Å². The van der Waals surface area contributed by atoms with Gasteiger partial charge in [0.25, 0.3) is 0 Å². The largest absolute Gasteiger partial charge is 0.302 e. The molecule has 0 aromatic heterocycles. The fourth-order valence-electron chi connectivity index (χ4n) is 2.22. The molecule has 0 aromatic rings. The van der Waals surface area contributed by atoms with Gasteiger partial charge in [-0.15, -0.1) is 0 Å². The SMILES string of the molecule is CC(=O)C1(CN2CCC=CCC2)CC1. The van der Waals surface area contributed by atoms with Crippen molar-refractivity contribution in [2.75, 3.05) is 19.6 Å². The average Bonchev–Trinajstić information content (AvgIpc) is 2.91. The topological polar surface area (TPSA) is 20.3 Å². The zero-order valence-corrected chi connectivity index (χ0v) is 8.96. The number of hydrogen-bond donors (Lipinski definition) is 0. The summed E-state index contributed by atoms with van der Waals surface area (Å²) in [5.41, 5.74) is 0.0599. The number of rotatable bonds is 3. The highest BCUT2D eigenvalue weighted by molar-refractivity contribution is 5.85. The molecule has 1 aliphatic heterocycles. The molecule has 0 atom stereocenters. The predicted octanol–water partition coefficient (Wildman–Crippen LogP) is 2.01. The molecule has 2 heteroatoms. The molecule has 2 aliphatic rings. The highest BCUT2D eigenvalue weighted by Gasteiger charge is 2.47. The lowest BCUT2D eigenvalue weighted by molar-refractivity contribution is -0.122. The van der Waals surface area contributed by atoms with Gasteiger partial charge in [0.1, 0.15) is 5.78 Å². The van der Waals surface area contributed by atoms with Crippen LogP contribution in [0.15, 0.2) is 12.2 Å². The molecule has 0 saturated heterocycles. The Bertz CT molecular complexity index is 243. The van der Waals surface area contributed by atoms with Gasteiger partial charge in [-0.1, -0.05) is 12.2 Å². The maximum absolute atomic E-state index is 11.4. The van der Waals surface area contributed by atoms with E-state index in [4.69, 9.17) is 0 Å². The van der Waals surface area contributed by atoms with Crippen molar-refractivity contribution >= 4 is 5.78 Å². The van der Waals surface area contributed by atoms with E-state index in [-0.39, 0.29) is 5.41 Å². The van der Waals surface area contributed by atoms with Gasteiger partial charge in [0.15, 0.2) is 0 Å². The van der Waals surface area contributed by atoms with Crippen molar-refractivity contribution in [3.05, 3.63) is 12.2 Å². The summed E-state index contributed by atoms with van der Waals surface area (Å²) in [6.45, 7) is 5.02. The molecule has 0 radical (unpaired) electrons. The first-order chi connectivity index (χ1) is 6.73. The van der Waals surface area contributed by atoms with Crippen molar-refractivity contribution in [3.63, 3.8) is 0 Å². The van der Waals surface area contributed by atoms with E-state index in [1.807, 2.05) is 0 Å². The number of nitrogens with zero attached hydrogens (tertiary/aromatic N) is 1. The Hall–Kier alpha value is -0.630. The van der Waals surface area contributed by atoms with E-state index in [0.717, 1.165) is 45.3 Å². The van der Waals surface area contributed by atoms with E-state index in [9.17, 15) is 4.79 Å². The van der Waals surface area contributed by atoms with Crippen molar-refractivity contribution in [2.24, 2.45) is 5.41 Å². The maximum Gasteiger partial charge on any atom is 0.137 e. The Morgan fingerprint density at radius 1 is 1.29 bits per heavy atom. The van der Waals surface area contributed by atoms with Crippen LogP contribution in [0.5, 0.6) is 0 Å². The van der Waals surface area contributed by atoms with Gasteiger partial charge in [-0.3, -0.25) is 4.79 Å². The number of hydrogen-bond acceptors (Lipinski definition) is 2. The molecule has 0 bridgehead atoms. The summed E-state index contributed by atoms with van der Waals surface area (Å²) in [5.74, 6) is 0.398. The van der Waals surface area contributed by atoms with E-state index < -0.39 is 0 Å². The van der Waals surface area contributed by atoms with Gasteiger partial charge in [-0.25, -0.2) is 0 Å². The lowest BCUT2D eigenvalue weighted by atomic mass is 10.0. The first-order valence-corrected chi connectivity index (χ1v) is 5.61. The van der Waals surface area contributed by atoms with Gasteiger partial charge in [-0.2, -0.15) is 0 Å². The number of Topliss-reactive ketones (excluding diaryl/α,β-unsaturated/α-hetero) is 1. The first-order valence-electron chi connectivity index (χ1n) is 5.61. The molecule has 0 amide bonds. The normalized spacial score (nSPS) is 25.8. The average molecular weight is 193 g/mol. The molecule has 14 heavy (non-hydrogen) atoms. The Labute approximate surface area is 86.0 Å². The minimum absolute atomic E-state index is 0.0599. The van der Waals surface area contributed by atoms with Crippen LogP contribution in [0.2, 0.25) is 0 Å². The van der Waals surface area contributed by atoms with Gasteiger partial charge < -0.3 is 4.90 Å². The Morgan fingerprint density at radius 2 is 1.86 bits per heavy atom. The molecule has 1 aliphatic carbocycles. The predicted molar refractivity (Wildman–Crippen MR) is 57.2 cm³/mol. The van der Waals surface area contributed by atoms with Crippen LogP contribution < -0.4 is 0 Å². The van der Waals surface area contributed by atoms with Crippen molar-refractivity contribution in [1.29, 1.82) is 0 Å². The quantitative estimate of drug-likeness (QED) is 0.639. The third-order valence-electron chi connectivity index (χ3n) is 3.52. The zero-order chi connectivity index (χ0) is 10.0. The first kappa shape index (κ1) is 9.91. The van der Waals surface area contributed by atoms with Crippen molar-refractivity contribution in [1.82, 2.24) is 4.90 Å². The van der Waals surface area contributed by atoms with Crippen LogP contribution >= 0.6 is 0 Å². The molecule has 0 unspecified atom stereocenters. The molecular weight excluding hydrogens is 174 g/mol. The lowest BCUT2D eigenvalue weighted by Crippen LogP contribution is -2.34. The highest BCUT2D eigenvalue weighted by atomic mass is 16.1. The second-order valence-corrected chi connectivity index (χ2v) is 4.66. The van der Waals surface area contributed by atoms with E-state index in [1.54, 1.807) is 6.92 Å². The molecule has 0 N–H and O–H groups in total. The summed E-state index contributed by atoms with van der Waals surface area (Å²) in [7, 11) is 0. The van der Waals surface area contributed by atoms with Gasteiger partial charge in [0.2, 0.25) is 0 Å². The van der Waals surface area contributed by atoms with Gasteiger partial charge >= 0.3 is 0 Å². The van der Waals surface area contributed by atoms with Crippen LogP contribution in [0.1, 0.15) is 32.6 Å². The molecule has 1 saturated carbocycles. The third-order valence-corrected chi connectivity index (χ3v) is 3.52. The molecule has 1 heterocycles. The smallest absolute Gasteiger partial charge is 0.137 e. The molecule has 1 fully saturated rings. The number of carbonyl (C=O) groups is 1. The van der Waals surface area contributed by atoms with Crippen molar-refractivity contribution < 1.29 is 4.79 Å². The zero-order valence-electron chi connectivity index (χ0n) is 8.96. The lowest BCUT2D eigenvalue weighted by Gasteiger charge is -2.24. The highest BCUT2D eigenvalue weighted by Crippen LogP contribution is 2.47. The molecule has 0 aromatic carbocycles. The van der Waals surface area contributed by atoms with Gasteiger partial charge in [0.05, 0.1) is 0 Å². The molecular formula is C12H19NO. The number of carbonyl (C=O) groups excluding carboxylic acids is 1. The fourth-order valence-corrected chi connectivity index (χ4v) is 2.22. The Balaban J connectivity index is 1.88. The van der Waals surface area contributed by atoms with Crippen LogP contribution in [-0.4, -0.2) is 30.3 Å². The Kier molecular flexibility index (Phi) is 2.73. The van der Waals surface area contributed by atoms with Crippen LogP contribution in [0, 0.1) is 5.41 Å². The van der Waals surface area contributed by atoms with Crippen molar-refractivity contribution in [2.45, 2.75) is 32.6 Å². The van der Waals surface area contributed by atoms with E-state index in [2.05, 4.69) is 17.1 Å². The summed E-state index contributed by atoms with van der Waals surface area (Å²) >= 11 is 0. The maximum atomic E-state index is 11.4. The molecule has 78 valence electrons. The van der Waals surface area contributed by atoms with Gasteiger partial charge in [0, 0.05) is 25.0 Å². The molecule has 0 spiro atoms. The summed E-state index contributed by atoms with van der Waals surface area (Å²) < 4.78 is 0. The summed E-state index contributed by atoms with van der Waals surface area (Å²) in [5, 5.41) is 0. The summed E-state index contributed by atoms with van der Waals surface area (Å²) in [6, 6.07) is 0.